The Morgan fingerprint density at radius 1 is 1.23 bits per heavy atom. The third-order valence-electron chi connectivity index (χ3n) is 5.92. The van der Waals surface area contributed by atoms with Crippen LogP contribution in [0.3, 0.4) is 0 Å². The predicted molar refractivity (Wildman–Crippen MR) is 121 cm³/mol. The van der Waals surface area contributed by atoms with Gasteiger partial charge in [-0.25, -0.2) is 4.79 Å². The zero-order valence-corrected chi connectivity index (χ0v) is 17.4. The van der Waals surface area contributed by atoms with E-state index < -0.39 is 0 Å². The van der Waals surface area contributed by atoms with Crippen molar-refractivity contribution >= 4 is 22.6 Å². The van der Waals surface area contributed by atoms with Crippen LogP contribution in [0.1, 0.15) is 17.2 Å². The number of ether oxygens (including phenoxy) is 1. The zero-order chi connectivity index (χ0) is 21.2. The fourth-order valence-electron chi connectivity index (χ4n) is 4.43. The number of hydrogen-bond acceptors (Lipinski definition) is 3. The van der Waals surface area contributed by atoms with Gasteiger partial charge in [0.05, 0.1) is 19.7 Å². The molecule has 3 heterocycles. The number of benzene rings is 2. The smallest absolute Gasteiger partial charge is 0.321 e. The molecule has 5 rings (SSSR count). The Labute approximate surface area is 180 Å². The summed E-state index contributed by atoms with van der Waals surface area (Å²) < 4.78 is 7.45. The van der Waals surface area contributed by atoms with E-state index in [0.29, 0.717) is 19.5 Å². The maximum absolute atomic E-state index is 13.1. The van der Waals surface area contributed by atoms with Crippen molar-refractivity contribution in [3.63, 3.8) is 0 Å². The number of para-hydroxylation sites is 1. The van der Waals surface area contributed by atoms with Crippen LogP contribution in [0.2, 0.25) is 0 Å². The summed E-state index contributed by atoms with van der Waals surface area (Å²) in [6, 6.07) is 16.0. The SMILES string of the molecule is COc1cccc2[nH]cc(CCNC(=O)N3C[C@H](n4cccn4)Cc4ccccc43)c12. The highest BCUT2D eigenvalue weighted by atomic mass is 16.5. The molecule has 0 radical (unpaired) electrons. The minimum atomic E-state index is -0.0869. The van der Waals surface area contributed by atoms with E-state index in [0.717, 1.165) is 39.9 Å². The van der Waals surface area contributed by atoms with Crippen LogP contribution in [0.5, 0.6) is 5.75 Å². The van der Waals surface area contributed by atoms with E-state index in [-0.39, 0.29) is 12.1 Å². The van der Waals surface area contributed by atoms with Crippen molar-refractivity contribution in [3.8, 4) is 5.75 Å². The molecule has 0 spiro atoms. The Hall–Kier alpha value is -3.74. The average molecular weight is 415 g/mol. The number of nitrogens with zero attached hydrogens (tertiary/aromatic N) is 3. The van der Waals surface area contributed by atoms with Crippen molar-refractivity contribution in [1.82, 2.24) is 20.1 Å². The van der Waals surface area contributed by atoms with Crippen molar-refractivity contribution < 1.29 is 9.53 Å². The van der Waals surface area contributed by atoms with Crippen LogP contribution in [0.25, 0.3) is 10.9 Å². The summed E-state index contributed by atoms with van der Waals surface area (Å²) >= 11 is 0. The Morgan fingerprint density at radius 3 is 2.97 bits per heavy atom. The fourth-order valence-corrected chi connectivity index (χ4v) is 4.43. The molecule has 0 aliphatic carbocycles. The van der Waals surface area contributed by atoms with Gasteiger partial charge in [0.15, 0.2) is 0 Å². The Bertz CT molecular complexity index is 1200. The number of fused-ring (bicyclic) bond motifs is 2. The van der Waals surface area contributed by atoms with Crippen LogP contribution < -0.4 is 15.0 Å². The van der Waals surface area contributed by atoms with Crippen LogP contribution in [0.15, 0.2) is 67.1 Å². The molecule has 158 valence electrons. The standard InChI is InChI=1S/C24H25N5O2/c1-31-22-9-4-7-20-23(22)18(15-26-20)10-12-25-24(30)28-16-19(29-13-5-11-27-29)14-17-6-2-3-8-21(17)28/h2-9,11,13,15,19,26H,10,12,14,16H2,1H3,(H,25,30)/t19-/m1/s1. The van der Waals surface area contributed by atoms with Crippen molar-refractivity contribution in [1.29, 1.82) is 0 Å². The minimum absolute atomic E-state index is 0.0869. The second kappa shape index (κ2) is 8.18. The van der Waals surface area contributed by atoms with Gasteiger partial charge in [-0.1, -0.05) is 24.3 Å². The van der Waals surface area contributed by atoms with Crippen molar-refractivity contribution in [2.75, 3.05) is 25.1 Å². The topological polar surface area (TPSA) is 75.2 Å². The van der Waals surface area contributed by atoms with Gasteiger partial charge in [-0.05, 0) is 48.2 Å². The normalized spacial score (nSPS) is 15.6. The predicted octanol–water partition coefficient (Wildman–Crippen LogP) is 3.93. The number of aromatic nitrogens is 3. The molecule has 0 unspecified atom stereocenters. The van der Waals surface area contributed by atoms with Gasteiger partial charge in [-0.3, -0.25) is 9.58 Å². The molecular formula is C24H25N5O2. The second-order valence-corrected chi connectivity index (χ2v) is 7.76. The van der Waals surface area contributed by atoms with Crippen LogP contribution in [-0.2, 0) is 12.8 Å². The van der Waals surface area contributed by atoms with E-state index >= 15 is 0 Å². The van der Waals surface area contributed by atoms with E-state index in [9.17, 15) is 4.79 Å². The van der Waals surface area contributed by atoms with Gasteiger partial charge < -0.3 is 15.0 Å². The highest BCUT2D eigenvalue weighted by Gasteiger charge is 2.29. The van der Waals surface area contributed by atoms with Crippen LogP contribution >= 0.6 is 0 Å². The van der Waals surface area contributed by atoms with Crippen LogP contribution in [0.4, 0.5) is 10.5 Å². The molecule has 0 bridgehead atoms. The molecule has 2 aromatic heterocycles. The Kier molecular flexibility index (Phi) is 5.08. The summed E-state index contributed by atoms with van der Waals surface area (Å²) in [5.74, 6) is 0.840. The number of amides is 2. The summed E-state index contributed by atoms with van der Waals surface area (Å²) in [5.41, 5.74) is 4.29. The maximum Gasteiger partial charge on any atom is 0.321 e. The van der Waals surface area contributed by atoms with Gasteiger partial charge in [-0.15, -0.1) is 0 Å². The molecule has 0 saturated carbocycles. The number of H-pyrrole nitrogens is 1. The molecule has 4 aromatic rings. The highest BCUT2D eigenvalue weighted by Crippen LogP contribution is 2.32. The lowest BCUT2D eigenvalue weighted by Gasteiger charge is -2.34. The first-order valence-corrected chi connectivity index (χ1v) is 10.5. The molecule has 1 atom stereocenters. The number of carbonyl (C=O) groups excluding carboxylic acids is 1. The van der Waals surface area contributed by atoms with E-state index in [1.54, 1.807) is 13.3 Å². The molecule has 0 saturated heterocycles. The van der Waals surface area contributed by atoms with Crippen molar-refractivity contribution in [3.05, 3.63) is 78.2 Å². The fraction of sp³-hybridized carbons (Fsp3) is 0.250. The zero-order valence-electron chi connectivity index (χ0n) is 17.4. The molecule has 31 heavy (non-hydrogen) atoms. The molecule has 0 fully saturated rings. The third kappa shape index (κ3) is 3.63. The number of nitrogens with one attached hydrogen (secondary N) is 2. The molecule has 2 amide bonds. The lowest BCUT2D eigenvalue weighted by atomic mass is 9.98. The first-order valence-electron chi connectivity index (χ1n) is 10.5. The monoisotopic (exact) mass is 415 g/mol. The first-order chi connectivity index (χ1) is 15.2. The maximum atomic E-state index is 13.1. The van der Waals surface area contributed by atoms with Crippen molar-refractivity contribution in [2.24, 2.45) is 0 Å². The van der Waals surface area contributed by atoms with E-state index in [2.05, 4.69) is 21.5 Å². The van der Waals surface area contributed by atoms with Gasteiger partial charge in [0.2, 0.25) is 0 Å². The summed E-state index contributed by atoms with van der Waals surface area (Å²) in [6.45, 7) is 1.13. The van der Waals surface area contributed by atoms with Gasteiger partial charge >= 0.3 is 6.03 Å². The first kappa shape index (κ1) is 19.2. The molecule has 7 heteroatoms. The van der Waals surface area contributed by atoms with E-state index in [1.807, 2.05) is 64.4 Å². The number of aromatic amines is 1. The third-order valence-corrected chi connectivity index (χ3v) is 5.92. The van der Waals surface area contributed by atoms with Gasteiger partial charge in [0, 0.05) is 41.7 Å². The van der Waals surface area contributed by atoms with Gasteiger partial charge in [0.1, 0.15) is 5.75 Å². The molecule has 2 N–H and O–H groups in total. The highest BCUT2D eigenvalue weighted by molar-refractivity contribution is 5.93. The number of urea groups is 1. The number of anilines is 1. The lowest BCUT2D eigenvalue weighted by Crippen LogP contribution is -2.46. The Balaban J connectivity index is 1.31. The minimum Gasteiger partial charge on any atom is -0.496 e. The molecule has 2 aromatic carbocycles. The van der Waals surface area contributed by atoms with Gasteiger partial charge in [0.25, 0.3) is 0 Å². The molecular weight excluding hydrogens is 390 g/mol. The van der Waals surface area contributed by atoms with Crippen molar-refractivity contribution in [2.45, 2.75) is 18.9 Å². The number of methoxy groups -OCH3 is 1. The summed E-state index contributed by atoms with van der Waals surface area (Å²) in [5, 5.41) is 8.56. The Morgan fingerprint density at radius 2 is 2.13 bits per heavy atom. The largest absolute Gasteiger partial charge is 0.496 e. The second-order valence-electron chi connectivity index (χ2n) is 7.76. The number of carbonyl (C=O) groups is 1. The summed E-state index contributed by atoms with van der Waals surface area (Å²) in [6.07, 6.45) is 7.30. The average Bonchev–Trinajstić information content (AvgIpc) is 3.49. The van der Waals surface area contributed by atoms with Crippen LogP contribution in [0, 0.1) is 0 Å². The molecule has 1 aliphatic heterocycles. The van der Waals surface area contributed by atoms with Crippen LogP contribution in [-0.4, -0.2) is 41.0 Å². The lowest BCUT2D eigenvalue weighted by molar-refractivity contribution is 0.244. The van der Waals surface area contributed by atoms with Gasteiger partial charge in [-0.2, -0.15) is 5.10 Å². The number of hydrogen-bond donors (Lipinski definition) is 2. The molecule has 1 aliphatic rings. The number of rotatable bonds is 5. The quantitative estimate of drug-likeness (QED) is 0.519. The van der Waals surface area contributed by atoms with E-state index in [1.165, 1.54) is 0 Å². The summed E-state index contributed by atoms with van der Waals surface area (Å²) in [4.78, 5) is 18.3. The molecule has 7 nitrogen and oxygen atoms in total. The van der Waals surface area contributed by atoms with E-state index in [4.69, 9.17) is 4.74 Å². The summed E-state index contributed by atoms with van der Waals surface area (Å²) in [7, 11) is 1.68.